The summed E-state index contributed by atoms with van der Waals surface area (Å²) in [6, 6.07) is 21.4. The Kier molecular flexibility index (Phi) is 4.72. The van der Waals surface area contributed by atoms with E-state index in [1.54, 1.807) is 0 Å². The predicted octanol–water partition coefficient (Wildman–Crippen LogP) is 4.56. The first kappa shape index (κ1) is 14.3. The van der Waals surface area contributed by atoms with Gasteiger partial charge >= 0.3 is 0 Å². The van der Waals surface area contributed by atoms with Gasteiger partial charge in [-0.25, -0.2) is 0 Å². The van der Waals surface area contributed by atoms with Crippen LogP contribution in [-0.4, -0.2) is 11.2 Å². The minimum absolute atomic E-state index is 0.117. The van der Waals surface area contributed by atoms with Crippen molar-refractivity contribution in [3.05, 3.63) is 71.8 Å². The minimum Gasteiger partial charge on any atom is -0.393 e. The normalized spacial score (nSPS) is 25.7. The molecule has 3 rings (SSSR count). The van der Waals surface area contributed by atoms with Crippen LogP contribution in [0.3, 0.4) is 0 Å². The highest BCUT2D eigenvalue weighted by Gasteiger charge is 2.29. The van der Waals surface area contributed by atoms with Crippen molar-refractivity contribution >= 4 is 0 Å². The van der Waals surface area contributed by atoms with Crippen LogP contribution >= 0.6 is 0 Å². The van der Waals surface area contributed by atoms with Crippen molar-refractivity contribution in [3.8, 4) is 0 Å². The standard InChI is InChI=1S/C20H24O/c21-20-14-13-18(17-9-5-2-6-10-17)15-19(20)12-11-16-7-3-1-4-8-16/h1-10,18-21H,11-15H2. The van der Waals surface area contributed by atoms with Crippen molar-refractivity contribution in [1.29, 1.82) is 0 Å². The number of aliphatic hydroxyl groups is 1. The van der Waals surface area contributed by atoms with Crippen molar-refractivity contribution in [3.63, 3.8) is 0 Å². The fourth-order valence-corrected chi connectivity index (χ4v) is 3.58. The molecule has 1 N–H and O–H groups in total. The summed E-state index contributed by atoms with van der Waals surface area (Å²) in [6.07, 6.45) is 5.23. The average molecular weight is 280 g/mol. The molecule has 2 aromatic rings. The summed E-state index contributed by atoms with van der Waals surface area (Å²) in [7, 11) is 0. The van der Waals surface area contributed by atoms with Crippen LogP contribution in [0.5, 0.6) is 0 Å². The second-order valence-corrected chi connectivity index (χ2v) is 6.27. The molecule has 1 aliphatic rings. The molecule has 2 aromatic carbocycles. The molecule has 1 aliphatic carbocycles. The SMILES string of the molecule is OC1CCC(c2ccccc2)CC1CCc1ccccc1. The maximum Gasteiger partial charge on any atom is 0.0568 e. The predicted molar refractivity (Wildman–Crippen MR) is 87.3 cm³/mol. The van der Waals surface area contributed by atoms with Gasteiger partial charge in [-0.1, -0.05) is 60.7 Å². The summed E-state index contributed by atoms with van der Waals surface area (Å²) < 4.78 is 0. The van der Waals surface area contributed by atoms with E-state index in [9.17, 15) is 5.11 Å². The second-order valence-electron chi connectivity index (χ2n) is 6.27. The van der Waals surface area contributed by atoms with Crippen LogP contribution in [0.15, 0.2) is 60.7 Å². The lowest BCUT2D eigenvalue weighted by Gasteiger charge is -2.33. The number of aliphatic hydroxyl groups excluding tert-OH is 1. The van der Waals surface area contributed by atoms with Gasteiger partial charge in [-0.3, -0.25) is 0 Å². The first-order chi connectivity index (χ1) is 10.3. The van der Waals surface area contributed by atoms with Crippen molar-refractivity contribution in [2.24, 2.45) is 5.92 Å². The molecule has 1 heteroatoms. The third-order valence-electron chi connectivity index (χ3n) is 4.86. The topological polar surface area (TPSA) is 20.2 Å². The molecule has 0 radical (unpaired) electrons. The first-order valence-corrected chi connectivity index (χ1v) is 8.10. The Balaban J connectivity index is 1.61. The van der Waals surface area contributed by atoms with Crippen molar-refractivity contribution in [1.82, 2.24) is 0 Å². The molecule has 110 valence electrons. The molecule has 0 spiro atoms. The lowest BCUT2D eigenvalue weighted by atomic mass is 9.74. The number of hydrogen-bond acceptors (Lipinski definition) is 1. The zero-order valence-electron chi connectivity index (χ0n) is 12.5. The zero-order chi connectivity index (χ0) is 14.5. The molecule has 0 aliphatic heterocycles. The van der Waals surface area contributed by atoms with Crippen LogP contribution < -0.4 is 0 Å². The van der Waals surface area contributed by atoms with Gasteiger partial charge in [-0.15, -0.1) is 0 Å². The quantitative estimate of drug-likeness (QED) is 0.870. The van der Waals surface area contributed by atoms with Crippen molar-refractivity contribution < 1.29 is 5.11 Å². The Hall–Kier alpha value is -1.60. The van der Waals surface area contributed by atoms with E-state index in [0.717, 1.165) is 32.1 Å². The van der Waals surface area contributed by atoms with Gasteiger partial charge in [0.25, 0.3) is 0 Å². The molecule has 0 bridgehead atoms. The minimum atomic E-state index is -0.117. The smallest absolute Gasteiger partial charge is 0.0568 e. The molecule has 21 heavy (non-hydrogen) atoms. The van der Waals surface area contributed by atoms with Gasteiger partial charge in [0.1, 0.15) is 0 Å². The lowest BCUT2D eigenvalue weighted by molar-refractivity contribution is 0.0575. The van der Waals surface area contributed by atoms with Crippen molar-refractivity contribution in [2.45, 2.75) is 44.1 Å². The highest BCUT2D eigenvalue weighted by molar-refractivity contribution is 5.20. The summed E-state index contributed by atoms with van der Waals surface area (Å²) in [6.45, 7) is 0. The highest BCUT2D eigenvalue weighted by Crippen LogP contribution is 2.38. The number of aryl methyl sites for hydroxylation is 1. The zero-order valence-corrected chi connectivity index (χ0v) is 12.5. The third-order valence-corrected chi connectivity index (χ3v) is 4.86. The van der Waals surface area contributed by atoms with E-state index in [1.165, 1.54) is 11.1 Å². The van der Waals surface area contributed by atoms with Gasteiger partial charge in [0.05, 0.1) is 6.10 Å². The fourth-order valence-electron chi connectivity index (χ4n) is 3.58. The Morgan fingerprint density at radius 1 is 0.857 bits per heavy atom. The molecule has 1 nitrogen and oxygen atoms in total. The van der Waals surface area contributed by atoms with E-state index in [2.05, 4.69) is 60.7 Å². The van der Waals surface area contributed by atoms with E-state index >= 15 is 0 Å². The maximum absolute atomic E-state index is 10.3. The molecule has 0 aromatic heterocycles. The van der Waals surface area contributed by atoms with E-state index < -0.39 is 0 Å². The van der Waals surface area contributed by atoms with Crippen LogP contribution in [0.25, 0.3) is 0 Å². The molecule has 0 heterocycles. The number of rotatable bonds is 4. The molecular formula is C20H24O. The lowest BCUT2D eigenvalue weighted by Crippen LogP contribution is -2.28. The molecule has 0 amide bonds. The Morgan fingerprint density at radius 3 is 2.24 bits per heavy atom. The highest BCUT2D eigenvalue weighted by atomic mass is 16.3. The molecule has 1 fully saturated rings. The van der Waals surface area contributed by atoms with E-state index in [1.807, 2.05) is 0 Å². The van der Waals surface area contributed by atoms with Crippen LogP contribution in [0.4, 0.5) is 0 Å². The molecule has 1 saturated carbocycles. The van der Waals surface area contributed by atoms with Gasteiger partial charge in [-0.05, 0) is 55.1 Å². The number of hydrogen-bond donors (Lipinski definition) is 1. The second kappa shape index (κ2) is 6.91. The van der Waals surface area contributed by atoms with E-state index in [4.69, 9.17) is 0 Å². The van der Waals surface area contributed by atoms with Gasteiger partial charge in [0.15, 0.2) is 0 Å². The Labute approximate surface area is 127 Å². The average Bonchev–Trinajstić information content (AvgIpc) is 2.56. The van der Waals surface area contributed by atoms with Gasteiger partial charge in [-0.2, -0.15) is 0 Å². The largest absolute Gasteiger partial charge is 0.393 e. The monoisotopic (exact) mass is 280 g/mol. The molecule has 3 atom stereocenters. The summed E-state index contributed by atoms with van der Waals surface area (Å²) >= 11 is 0. The van der Waals surface area contributed by atoms with Crippen LogP contribution in [-0.2, 0) is 6.42 Å². The third kappa shape index (κ3) is 3.74. The summed E-state index contributed by atoms with van der Waals surface area (Å²) in [4.78, 5) is 0. The van der Waals surface area contributed by atoms with E-state index in [0.29, 0.717) is 11.8 Å². The van der Waals surface area contributed by atoms with Crippen LogP contribution in [0.1, 0.15) is 42.7 Å². The van der Waals surface area contributed by atoms with Gasteiger partial charge in [0, 0.05) is 0 Å². The summed E-state index contributed by atoms with van der Waals surface area (Å²) in [5.41, 5.74) is 2.82. The summed E-state index contributed by atoms with van der Waals surface area (Å²) in [5.74, 6) is 1.06. The number of benzene rings is 2. The van der Waals surface area contributed by atoms with Crippen molar-refractivity contribution in [2.75, 3.05) is 0 Å². The Bertz CT molecular complexity index is 534. The van der Waals surface area contributed by atoms with Gasteiger partial charge < -0.3 is 5.11 Å². The summed E-state index contributed by atoms with van der Waals surface area (Å²) in [5, 5.41) is 10.3. The van der Waals surface area contributed by atoms with Crippen LogP contribution in [0, 0.1) is 5.92 Å². The molecule has 0 saturated heterocycles. The fraction of sp³-hybridized carbons (Fsp3) is 0.400. The van der Waals surface area contributed by atoms with E-state index in [-0.39, 0.29) is 6.10 Å². The Morgan fingerprint density at radius 2 is 1.52 bits per heavy atom. The molecular weight excluding hydrogens is 256 g/mol. The first-order valence-electron chi connectivity index (χ1n) is 8.10. The maximum atomic E-state index is 10.3. The van der Waals surface area contributed by atoms with Gasteiger partial charge in [0.2, 0.25) is 0 Å². The molecule has 3 unspecified atom stereocenters. The van der Waals surface area contributed by atoms with Crippen LogP contribution in [0.2, 0.25) is 0 Å².